The Kier molecular flexibility index (Phi) is 3.36. The predicted molar refractivity (Wildman–Crippen MR) is 57.6 cm³/mol. The summed E-state index contributed by atoms with van der Waals surface area (Å²) in [5.74, 6) is 0. The molecule has 62 valence electrons. The first-order valence-electron chi connectivity index (χ1n) is 3.55. The van der Waals surface area contributed by atoms with E-state index in [1.807, 2.05) is 10.9 Å². The molecule has 1 heterocycles. The van der Waals surface area contributed by atoms with Gasteiger partial charge in [-0.15, -0.1) is 0 Å². The van der Waals surface area contributed by atoms with E-state index >= 15 is 0 Å². The third kappa shape index (κ3) is 2.18. The third-order valence-corrected chi connectivity index (χ3v) is 3.81. The first kappa shape index (κ1) is 9.51. The molecular weight excluding hydrogens is 319 g/mol. The fraction of sp³-hybridized carbons (Fsp3) is 0.571. The molecule has 1 unspecified atom stereocenters. The van der Waals surface area contributed by atoms with Crippen molar-refractivity contribution in [3.8, 4) is 0 Å². The molecule has 1 aromatic rings. The van der Waals surface area contributed by atoms with E-state index in [0.717, 1.165) is 14.6 Å². The van der Waals surface area contributed by atoms with Crippen molar-refractivity contribution in [1.29, 1.82) is 0 Å². The molecule has 0 bridgehead atoms. The lowest BCUT2D eigenvalue weighted by molar-refractivity contribution is 0.475. The fourth-order valence-corrected chi connectivity index (χ4v) is 1.44. The highest BCUT2D eigenvalue weighted by molar-refractivity contribution is 14.1. The molecule has 0 spiro atoms. The summed E-state index contributed by atoms with van der Waals surface area (Å²) in [7, 11) is 0. The number of rotatable bonds is 2. The quantitative estimate of drug-likeness (QED) is 0.762. The number of aromatic nitrogens is 2. The van der Waals surface area contributed by atoms with Crippen molar-refractivity contribution in [3.63, 3.8) is 0 Å². The van der Waals surface area contributed by atoms with Gasteiger partial charge in [0.15, 0.2) is 0 Å². The smallest absolute Gasteiger partial charge is 0.137 e. The molecule has 0 amide bonds. The molecule has 0 saturated heterocycles. The van der Waals surface area contributed by atoms with Crippen molar-refractivity contribution in [1.82, 2.24) is 9.78 Å². The molecule has 0 radical (unpaired) electrons. The monoisotopic (exact) mass is 328 g/mol. The molecule has 4 heteroatoms. The minimum absolute atomic E-state index is 0.495. The van der Waals surface area contributed by atoms with Crippen LogP contribution in [-0.4, -0.2) is 9.78 Å². The molecule has 0 aliphatic heterocycles. The average molecular weight is 329 g/mol. The second-order valence-electron chi connectivity index (χ2n) is 2.51. The summed E-state index contributed by atoms with van der Waals surface area (Å²) in [6.45, 7) is 4.32. The van der Waals surface area contributed by atoms with Gasteiger partial charge in [0.25, 0.3) is 0 Å². The Morgan fingerprint density at radius 1 is 1.82 bits per heavy atom. The lowest BCUT2D eigenvalue weighted by atomic mass is 10.3. The summed E-state index contributed by atoms with van der Waals surface area (Å²) in [4.78, 5) is 0. The highest BCUT2D eigenvalue weighted by Crippen LogP contribution is 2.19. The number of halogens is 2. The third-order valence-electron chi connectivity index (χ3n) is 1.69. The number of hydrogen-bond acceptors (Lipinski definition) is 1. The van der Waals surface area contributed by atoms with Crippen LogP contribution < -0.4 is 0 Å². The van der Waals surface area contributed by atoms with Crippen molar-refractivity contribution in [2.75, 3.05) is 0 Å². The zero-order valence-corrected chi connectivity index (χ0v) is 10.3. The van der Waals surface area contributed by atoms with E-state index in [1.165, 1.54) is 0 Å². The molecule has 0 N–H and O–H groups in total. The standard InChI is InChI=1S/C7H10BrIN2/c1-3-5(2)11-4-6(8)7(9)10-11/h4-5H,3H2,1-2H3. The predicted octanol–water partition coefficient (Wildman–Crippen LogP) is 3.22. The van der Waals surface area contributed by atoms with Crippen molar-refractivity contribution < 1.29 is 0 Å². The molecule has 0 fully saturated rings. The van der Waals surface area contributed by atoms with Crippen molar-refractivity contribution in [2.45, 2.75) is 26.3 Å². The van der Waals surface area contributed by atoms with E-state index in [2.05, 4.69) is 57.5 Å². The Hall–Kier alpha value is 0.420. The topological polar surface area (TPSA) is 17.8 Å². The minimum Gasteiger partial charge on any atom is -0.268 e. The van der Waals surface area contributed by atoms with Gasteiger partial charge in [0.2, 0.25) is 0 Å². The molecule has 2 nitrogen and oxygen atoms in total. The largest absolute Gasteiger partial charge is 0.268 e. The SMILES string of the molecule is CCC(C)n1cc(Br)c(I)n1. The highest BCUT2D eigenvalue weighted by Gasteiger charge is 2.06. The Labute approximate surface area is 88.6 Å². The van der Waals surface area contributed by atoms with Gasteiger partial charge in [0.1, 0.15) is 3.70 Å². The maximum atomic E-state index is 4.34. The number of hydrogen-bond donors (Lipinski definition) is 0. The normalized spacial score (nSPS) is 13.5. The lowest BCUT2D eigenvalue weighted by Gasteiger charge is -2.07. The van der Waals surface area contributed by atoms with Gasteiger partial charge in [-0.3, -0.25) is 4.68 Å². The zero-order valence-electron chi connectivity index (χ0n) is 6.51. The van der Waals surface area contributed by atoms with Crippen LogP contribution in [0.4, 0.5) is 0 Å². The minimum atomic E-state index is 0.495. The Morgan fingerprint density at radius 2 is 2.45 bits per heavy atom. The van der Waals surface area contributed by atoms with Crippen LogP contribution in [0.15, 0.2) is 10.7 Å². The summed E-state index contributed by atoms with van der Waals surface area (Å²) >= 11 is 5.64. The van der Waals surface area contributed by atoms with Gasteiger partial charge in [-0.25, -0.2) is 0 Å². The second kappa shape index (κ2) is 3.89. The second-order valence-corrected chi connectivity index (χ2v) is 4.38. The van der Waals surface area contributed by atoms with Crippen LogP contribution in [0.5, 0.6) is 0 Å². The molecule has 11 heavy (non-hydrogen) atoms. The van der Waals surface area contributed by atoms with Crippen molar-refractivity contribution in [3.05, 3.63) is 14.4 Å². The lowest BCUT2D eigenvalue weighted by Crippen LogP contribution is -2.03. The summed E-state index contributed by atoms with van der Waals surface area (Å²) in [5, 5.41) is 4.34. The first-order chi connectivity index (χ1) is 5.15. The summed E-state index contributed by atoms with van der Waals surface area (Å²) < 4.78 is 4.10. The van der Waals surface area contributed by atoms with Gasteiger partial charge < -0.3 is 0 Å². The van der Waals surface area contributed by atoms with Crippen molar-refractivity contribution >= 4 is 38.5 Å². The van der Waals surface area contributed by atoms with Crippen LogP contribution >= 0.6 is 38.5 Å². The van der Waals surface area contributed by atoms with Crippen LogP contribution in [-0.2, 0) is 0 Å². The zero-order chi connectivity index (χ0) is 8.43. The van der Waals surface area contributed by atoms with Crippen LogP contribution in [0.2, 0.25) is 0 Å². The summed E-state index contributed by atoms with van der Waals surface area (Å²) in [6.07, 6.45) is 3.14. The maximum Gasteiger partial charge on any atom is 0.137 e. The summed E-state index contributed by atoms with van der Waals surface area (Å²) in [6, 6.07) is 0.495. The van der Waals surface area contributed by atoms with Crippen LogP contribution in [0.3, 0.4) is 0 Å². The molecule has 0 aliphatic rings. The van der Waals surface area contributed by atoms with E-state index in [0.29, 0.717) is 6.04 Å². The molecule has 0 aliphatic carbocycles. The Morgan fingerprint density at radius 3 is 2.82 bits per heavy atom. The van der Waals surface area contributed by atoms with E-state index in [-0.39, 0.29) is 0 Å². The van der Waals surface area contributed by atoms with E-state index in [4.69, 9.17) is 0 Å². The van der Waals surface area contributed by atoms with Gasteiger partial charge in [-0.1, -0.05) is 6.92 Å². The van der Waals surface area contributed by atoms with Gasteiger partial charge in [-0.2, -0.15) is 5.10 Å². The van der Waals surface area contributed by atoms with E-state index < -0.39 is 0 Å². The highest BCUT2D eigenvalue weighted by atomic mass is 127. The number of nitrogens with zero attached hydrogens (tertiary/aromatic N) is 2. The van der Waals surface area contributed by atoms with Gasteiger partial charge in [-0.05, 0) is 51.9 Å². The fourth-order valence-electron chi connectivity index (χ4n) is 0.760. The van der Waals surface area contributed by atoms with Gasteiger partial charge in [0.05, 0.1) is 4.47 Å². The maximum absolute atomic E-state index is 4.34. The first-order valence-corrected chi connectivity index (χ1v) is 5.42. The van der Waals surface area contributed by atoms with Crippen LogP contribution in [0.1, 0.15) is 26.3 Å². The van der Waals surface area contributed by atoms with Crippen molar-refractivity contribution in [2.24, 2.45) is 0 Å². The molecule has 1 aromatic heterocycles. The molecule has 1 atom stereocenters. The molecule has 0 aromatic carbocycles. The molecule has 1 rings (SSSR count). The summed E-state index contributed by atoms with van der Waals surface area (Å²) in [5.41, 5.74) is 0. The van der Waals surface area contributed by atoms with Gasteiger partial charge in [0, 0.05) is 12.2 Å². The van der Waals surface area contributed by atoms with Crippen LogP contribution in [0.25, 0.3) is 0 Å². The molecular formula is C7H10BrIN2. The van der Waals surface area contributed by atoms with Crippen LogP contribution in [0, 0.1) is 3.70 Å². The average Bonchev–Trinajstić information content (AvgIpc) is 2.31. The van der Waals surface area contributed by atoms with E-state index in [1.54, 1.807) is 0 Å². The molecule has 0 saturated carbocycles. The Balaban J connectivity index is 2.88. The Bertz CT molecular complexity index is 227. The van der Waals surface area contributed by atoms with E-state index in [9.17, 15) is 0 Å². The van der Waals surface area contributed by atoms with Gasteiger partial charge >= 0.3 is 0 Å².